The van der Waals surface area contributed by atoms with Crippen LogP contribution in [-0.4, -0.2) is 19.9 Å². The topological polar surface area (TPSA) is 20.3 Å². The smallest absolute Gasteiger partial charge is 0.194 e. The van der Waals surface area contributed by atoms with Crippen LogP contribution < -0.4 is 4.90 Å². The lowest BCUT2D eigenvalue weighted by atomic mass is 10.0. The molecule has 0 saturated carbocycles. The SMILES string of the molecule is CN(C)c1cccc(C(=O)c2cccc(Cl)c2Cl)c1. The molecular weight excluding hydrogens is 281 g/mol. The van der Waals surface area contributed by atoms with Crippen molar-refractivity contribution in [3.8, 4) is 0 Å². The number of carbonyl (C=O) groups excluding carboxylic acids is 1. The molecular formula is C15H13Cl2NO. The Morgan fingerprint density at radius 2 is 1.74 bits per heavy atom. The van der Waals surface area contributed by atoms with Crippen molar-refractivity contribution in [1.29, 1.82) is 0 Å². The van der Waals surface area contributed by atoms with E-state index in [1.165, 1.54) is 0 Å². The van der Waals surface area contributed by atoms with Gasteiger partial charge < -0.3 is 4.90 Å². The molecule has 2 aromatic carbocycles. The summed E-state index contributed by atoms with van der Waals surface area (Å²) in [5.41, 5.74) is 1.98. The lowest BCUT2D eigenvalue weighted by molar-refractivity contribution is 0.103. The zero-order chi connectivity index (χ0) is 14.0. The van der Waals surface area contributed by atoms with Crippen LogP contribution in [0.3, 0.4) is 0 Å². The summed E-state index contributed by atoms with van der Waals surface area (Å²) >= 11 is 12.0. The van der Waals surface area contributed by atoms with Crippen molar-refractivity contribution in [2.75, 3.05) is 19.0 Å². The van der Waals surface area contributed by atoms with Gasteiger partial charge in [-0.1, -0.05) is 41.4 Å². The highest BCUT2D eigenvalue weighted by Crippen LogP contribution is 2.28. The van der Waals surface area contributed by atoms with Gasteiger partial charge in [-0.2, -0.15) is 0 Å². The van der Waals surface area contributed by atoms with Crippen molar-refractivity contribution >= 4 is 34.7 Å². The monoisotopic (exact) mass is 293 g/mol. The summed E-state index contributed by atoms with van der Waals surface area (Å²) in [6.07, 6.45) is 0. The molecule has 2 nitrogen and oxygen atoms in total. The Labute approximate surface area is 122 Å². The summed E-state index contributed by atoms with van der Waals surface area (Å²) in [7, 11) is 3.85. The zero-order valence-electron chi connectivity index (χ0n) is 10.7. The van der Waals surface area contributed by atoms with Gasteiger partial charge in [0.1, 0.15) is 0 Å². The van der Waals surface area contributed by atoms with E-state index in [9.17, 15) is 4.79 Å². The first-order valence-corrected chi connectivity index (χ1v) is 6.52. The molecule has 98 valence electrons. The third kappa shape index (κ3) is 2.91. The highest BCUT2D eigenvalue weighted by atomic mass is 35.5. The normalized spacial score (nSPS) is 10.3. The second-order valence-electron chi connectivity index (χ2n) is 4.38. The zero-order valence-corrected chi connectivity index (χ0v) is 12.2. The Morgan fingerprint density at radius 3 is 2.42 bits per heavy atom. The van der Waals surface area contributed by atoms with Gasteiger partial charge in [-0.25, -0.2) is 0 Å². The van der Waals surface area contributed by atoms with E-state index in [2.05, 4.69) is 0 Å². The predicted molar refractivity (Wildman–Crippen MR) is 80.7 cm³/mol. The average molecular weight is 294 g/mol. The minimum absolute atomic E-state index is 0.129. The molecule has 0 aliphatic heterocycles. The van der Waals surface area contributed by atoms with Crippen LogP contribution in [0.5, 0.6) is 0 Å². The van der Waals surface area contributed by atoms with Gasteiger partial charge in [0.15, 0.2) is 5.78 Å². The number of hydrogen-bond donors (Lipinski definition) is 0. The predicted octanol–water partition coefficient (Wildman–Crippen LogP) is 4.29. The highest BCUT2D eigenvalue weighted by molar-refractivity contribution is 6.44. The molecule has 0 N–H and O–H groups in total. The first-order valence-electron chi connectivity index (χ1n) is 5.77. The summed E-state index contributed by atoms with van der Waals surface area (Å²) in [5, 5.41) is 0.681. The van der Waals surface area contributed by atoms with E-state index < -0.39 is 0 Å². The maximum Gasteiger partial charge on any atom is 0.194 e. The van der Waals surface area contributed by atoms with Crippen LogP contribution in [-0.2, 0) is 0 Å². The Morgan fingerprint density at radius 1 is 1.05 bits per heavy atom. The van der Waals surface area contributed by atoms with Crippen LogP contribution >= 0.6 is 23.2 Å². The molecule has 0 aliphatic rings. The fourth-order valence-corrected chi connectivity index (χ4v) is 2.15. The van der Waals surface area contributed by atoms with Gasteiger partial charge in [-0.15, -0.1) is 0 Å². The second kappa shape index (κ2) is 5.64. The molecule has 0 bridgehead atoms. The van der Waals surface area contributed by atoms with Gasteiger partial charge in [-0.05, 0) is 24.3 Å². The molecule has 0 aromatic heterocycles. The van der Waals surface area contributed by atoms with Crippen LogP contribution in [0.15, 0.2) is 42.5 Å². The van der Waals surface area contributed by atoms with Gasteiger partial charge >= 0.3 is 0 Å². The third-order valence-electron chi connectivity index (χ3n) is 2.82. The summed E-state index contributed by atoms with van der Waals surface area (Å²) < 4.78 is 0. The maximum absolute atomic E-state index is 12.4. The summed E-state index contributed by atoms with van der Waals surface area (Å²) in [4.78, 5) is 14.4. The van der Waals surface area contributed by atoms with E-state index in [0.717, 1.165) is 5.69 Å². The summed E-state index contributed by atoms with van der Waals surface area (Å²) in [6.45, 7) is 0. The second-order valence-corrected chi connectivity index (χ2v) is 5.16. The van der Waals surface area contributed by atoms with E-state index in [1.807, 2.05) is 37.2 Å². The minimum Gasteiger partial charge on any atom is -0.378 e. The standard InChI is InChI=1S/C15H13Cl2NO/c1-18(2)11-6-3-5-10(9-11)15(19)12-7-4-8-13(16)14(12)17/h3-9H,1-2H3. The van der Waals surface area contributed by atoms with Crippen molar-refractivity contribution in [3.63, 3.8) is 0 Å². The molecule has 0 fully saturated rings. The number of benzene rings is 2. The summed E-state index contributed by atoms with van der Waals surface area (Å²) in [5.74, 6) is -0.129. The molecule has 0 heterocycles. The van der Waals surface area contributed by atoms with E-state index in [4.69, 9.17) is 23.2 Å². The molecule has 0 amide bonds. The molecule has 2 rings (SSSR count). The van der Waals surface area contributed by atoms with Crippen LogP contribution in [0.4, 0.5) is 5.69 Å². The number of anilines is 1. The first kappa shape index (κ1) is 13.9. The van der Waals surface area contributed by atoms with Crippen LogP contribution in [0, 0.1) is 0 Å². The van der Waals surface area contributed by atoms with Crippen molar-refractivity contribution in [2.45, 2.75) is 0 Å². The van der Waals surface area contributed by atoms with Crippen molar-refractivity contribution in [3.05, 3.63) is 63.6 Å². The fourth-order valence-electron chi connectivity index (χ4n) is 1.76. The molecule has 19 heavy (non-hydrogen) atoms. The van der Waals surface area contributed by atoms with Gasteiger partial charge in [-0.3, -0.25) is 4.79 Å². The van der Waals surface area contributed by atoms with Crippen molar-refractivity contribution in [2.24, 2.45) is 0 Å². The van der Waals surface area contributed by atoms with E-state index in [-0.39, 0.29) is 5.78 Å². The number of nitrogens with zero attached hydrogens (tertiary/aromatic N) is 1. The van der Waals surface area contributed by atoms with E-state index >= 15 is 0 Å². The lowest BCUT2D eigenvalue weighted by Gasteiger charge is -2.13. The molecule has 0 aliphatic carbocycles. The Bertz CT molecular complexity index is 623. The number of rotatable bonds is 3. The van der Waals surface area contributed by atoms with Gasteiger partial charge in [0.2, 0.25) is 0 Å². The van der Waals surface area contributed by atoms with Crippen LogP contribution in [0.25, 0.3) is 0 Å². The number of halogens is 2. The fraction of sp³-hybridized carbons (Fsp3) is 0.133. The van der Waals surface area contributed by atoms with Crippen molar-refractivity contribution in [1.82, 2.24) is 0 Å². The maximum atomic E-state index is 12.4. The van der Waals surface area contributed by atoms with Gasteiger partial charge in [0, 0.05) is 30.9 Å². The molecule has 0 unspecified atom stereocenters. The quantitative estimate of drug-likeness (QED) is 0.787. The first-order chi connectivity index (χ1) is 9.00. The molecule has 0 atom stereocenters. The lowest BCUT2D eigenvalue weighted by Crippen LogP contribution is -2.10. The summed E-state index contributed by atoms with van der Waals surface area (Å²) in [6, 6.07) is 12.5. The van der Waals surface area contributed by atoms with Crippen LogP contribution in [0.1, 0.15) is 15.9 Å². The molecule has 0 radical (unpaired) electrons. The molecule has 0 spiro atoms. The van der Waals surface area contributed by atoms with Crippen LogP contribution in [0.2, 0.25) is 10.0 Å². The van der Waals surface area contributed by atoms with Gasteiger partial charge in [0.05, 0.1) is 10.0 Å². The number of hydrogen-bond acceptors (Lipinski definition) is 2. The van der Waals surface area contributed by atoms with E-state index in [0.29, 0.717) is 21.2 Å². The highest BCUT2D eigenvalue weighted by Gasteiger charge is 2.15. The average Bonchev–Trinajstić information content (AvgIpc) is 2.41. The molecule has 2 aromatic rings. The van der Waals surface area contributed by atoms with E-state index in [1.54, 1.807) is 24.3 Å². The largest absolute Gasteiger partial charge is 0.378 e. The Balaban J connectivity index is 2.44. The third-order valence-corrected chi connectivity index (χ3v) is 3.64. The van der Waals surface area contributed by atoms with Crippen molar-refractivity contribution < 1.29 is 4.79 Å². The Hall–Kier alpha value is -1.51. The van der Waals surface area contributed by atoms with Gasteiger partial charge in [0.25, 0.3) is 0 Å². The number of carbonyl (C=O) groups is 1. The molecule has 0 saturated heterocycles. The Kier molecular flexibility index (Phi) is 4.13. The number of ketones is 1. The molecule has 4 heteroatoms. The minimum atomic E-state index is -0.129.